The van der Waals surface area contributed by atoms with E-state index in [0.29, 0.717) is 31.7 Å². The monoisotopic (exact) mass is 465 g/mol. The molecule has 5 rings (SSSR count). The Labute approximate surface area is 202 Å². The summed E-state index contributed by atoms with van der Waals surface area (Å²) in [5, 5.41) is 0. The van der Waals surface area contributed by atoms with Crippen LogP contribution in [0.4, 0.5) is 0 Å². The minimum Gasteiger partial charge on any atom is -0.492 e. The van der Waals surface area contributed by atoms with Crippen LogP contribution in [0, 0.1) is 5.92 Å². The Morgan fingerprint density at radius 2 is 1.39 bits per heavy atom. The van der Waals surface area contributed by atoms with E-state index in [1.54, 1.807) is 0 Å². The van der Waals surface area contributed by atoms with E-state index in [4.69, 9.17) is 14.2 Å². The van der Waals surface area contributed by atoms with Gasteiger partial charge < -0.3 is 14.2 Å². The highest BCUT2D eigenvalue weighted by molar-refractivity contribution is 5.85. The maximum absolute atomic E-state index is 6.01. The number of halogens is 1. The van der Waals surface area contributed by atoms with Gasteiger partial charge in [0.1, 0.15) is 25.6 Å². The lowest BCUT2D eigenvalue weighted by atomic mass is 9.76. The van der Waals surface area contributed by atoms with Crippen LogP contribution < -0.4 is 14.2 Å². The van der Waals surface area contributed by atoms with E-state index < -0.39 is 0 Å². The fourth-order valence-electron chi connectivity index (χ4n) is 4.97. The number of piperidine rings is 1. The third-order valence-electron chi connectivity index (χ3n) is 6.61. The van der Waals surface area contributed by atoms with Crippen molar-refractivity contribution in [1.29, 1.82) is 0 Å². The normalized spacial score (nSPS) is 16.3. The van der Waals surface area contributed by atoms with Crippen LogP contribution in [0.15, 0.2) is 78.9 Å². The van der Waals surface area contributed by atoms with Crippen LogP contribution in [0.2, 0.25) is 0 Å². The molecule has 3 aromatic carbocycles. The average molecular weight is 466 g/mol. The van der Waals surface area contributed by atoms with Gasteiger partial charge in [-0.05, 0) is 55.1 Å². The second kappa shape index (κ2) is 11.4. The average Bonchev–Trinajstić information content (AvgIpc) is 2.86. The van der Waals surface area contributed by atoms with Gasteiger partial charge in [0.25, 0.3) is 0 Å². The van der Waals surface area contributed by atoms with Gasteiger partial charge in [-0.3, -0.25) is 4.90 Å². The van der Waals surface area contributed by atoms with Gasteiger partial charge in [-0.25, -0.2) is 0 Å². The molecular weight excluding hydrogens is 434 g/mol. The summed E-state index contributed by atoms with van der Waals surface area (Å²) in [5.41, 5.74) is 2.86. The molecule has 4 nitrogen and oxygen atoms in total. The zero-order chi connectivity index (χ0) is 21.6. The molecule has 0 aliphatic carbocycles. The molecule has 0 amide bonds. The van der Waals surface area contributed by atoms with Gasteiger partial charge in [0.15, 0.2) is 11.5 Å². The van der Waals surface area contributed by atoms with Crippen LogP contribution in [0.25, 0.3) is 0 Å². The van der Waals surface area contributed by atoms with Crippen molar-refractivity contribution >= 4 is 12.4 Å². The summed E-state index contributed by atoms with van der Waals surface area (Å²) in [6.45, 7) is 5.07. The number of fused-ring (bicyclic) bond motifs is 1. The van der Waals surface area contributed by atoms with Gasteiger partial charge in [-0.2, -0.15) is 0 Å². The van der Waals surface area contributed by atoms with E-state index in [-0.39, 0.29) is 12.4 Å². The van der Waals surface area contributed by atoms with Crippen molar-refractivity contribution in [3.05, 3.63) is 90.0 Å². The molecule has 0 spiro atoms. The van der Waals surface area contributed by atoms with E-state index in [1.807, 2.05) is 18.2 Å². The van der Waals surface area contributed by atoms with Crippen molar-refractivity contribution in [3.63, 3.8) is 0 Å². The molecule has 2 aliphatic rings. The molecule has 2 aliphatic heterocycles. The first-order valence-corrected chi connectivity index (χ1v) is 11.7. The van der Waals surface area contributed by atoms with Gasteiger partial charge in [-0.15, -0.1) is 12.4 Å². The summed E-state index contributed by atoms with van der Waals surface area (Å²) in [7, 11) is 0. The Morgan fingerprint density at radius 1 is 0.788 bits per heavy atom. The Balaban J connectivity index is 0.00000259. The summed E-state index contributed by atoms with van der Waals surface area (Å²) < 4.78 is 17.2. The number of benzene rings is 3. The van der Waals surface area contributed by atoms with Crippen LogP contribution in [0.5, 0.6) is 17.2 Å². The molecule has 0 radical (unpaired) electrons. The number of rotatable bonds is 7. The van der Waals surface area contributed by atoms with Crippen LogP contribution in [0.3, 0.4) is 0 Å². The Bertz CT molecular complexity index is 951. The maximum Gasteiger partial charge on any atom is 0.165 e. The first-order valence-electron chi connectivity index (χ1n) is 11.7. The van der Waals surface area contributed by atoms with Crippen molar-refractivity contribution in [2.45, 2.75) is 18.8 Å². The molecule has 0 bridgehead atoms. The zero-order valence-electron chi connectivity index (χ0n) is 18.9. The maximum atomic E-state index is 6.01. The fraction of sp³-hybridized carbons (Fsp3) is 0.357. The number of hydrogen-bond acceptors (Lipinski definition) is 4. The second-order valence-electron chi connectivity index (χ2n) is 8.63. The molecule has 0 saturated carbocycles. The Hall–Kier alpha value is -2.69. The van der Waals surface area contributed by atoms with Gasteiger partial charge in [0.05, 0.1) is 0 Å². The third kappa shape index (κ3) is 5.82. The highest BCUT2D eigenvalue weighted by Crippen LogP contribution is 2.38. The Kier molecular flexibility index (Phi) is 8.14. The highest BCUT2D eigenvalue weighted by Gasteiger charge is 2.28. The molecule has 0 N–H and O–H groups in total. The molecule has 1 fully saturated rings. The van der Waals surface area contributed by atoms with E-state index in [0.717, 1.165) is 36.9 Å². The molecule has 0 unspecified atom stereocenters. The number of hydrogen-bond donors (Lipinski definition) is 0. The first kappa shape index (κ1) is 23.5. The molecule has 33 heavy (non-hydrogen) atoms. The SMILES string of the molecule is Cl.c1ccc(C(c2ccccc2)C2CCN(CCOc3ccc4c(c3)OCCO4)CC2)cc1. The van der Waals surface area contributed by atoms with Crippen molar-refractivity contribution in [2.24, 2.45) is 5.92 Å². The topological polar surface area (TPSA) is 30.9 Å². The molecule has 0 atom stereocenters. The number of ether oxygens (including phenoxy) is 3. The Morgan fingerprint density at radius 3 is 2.03 bits per heavy atom. The smallest absolute Gasteiger partial charge is 0.165 e. The van der Waals surface area contributed by atoms with Crippen molar-refractivity contribution < 1.29 is 14.2 Å². The zero-order valence-corrected chi connectivity index (χ0v) is 19.7. The molecule has 0 aromatic heterocycles. The molecule has 2 heterocycles. The summed E-state index contributed by atoms with van der Waals surface area (Å²) in [6, 6.07) is 27.8. The van der Waals surface area contributed by atoms with Gasteiger partial charge in [0.2, 0.25) is 0 Å². The summed E-state index contributed by atoms with van der Waals surface area (Å²) in [4.78, 5) is 2.53. The lowest BCUT2D eigenvalue weighted by Gasteiger charge is -2.36. The van der Waals surface area contributed by atoms with Crippen LogP contribution in [0.1, 0.15) is 29.9 Å². The van der Waals surface area contributed by atoms with Crippen molar-refractivity contribution in [2.75, 3.05) is 39.5 Å². The molecular formula is C28H32ClNO3. The summed E-state index contributed by atoms with van der Waals surface area (Å²) >= 11 is 0. The van der Waals surface area contributed by atoms with E-state index >= 15 is 0 Å². The quantitative estimate of drug-likeness (QED) is 0.441. The van der Waals surface area contributed by atoms with Crippen molar-refractivity contribution in [3.8, 4) is 17.2 Å². The predicted molar refractivity (Wildman–Crippen MR) is 134 cm³/mol. The molecule has 5 heteroatoms. The lowest BCUT2D eigenvalue weighted by Crippen LogP contribution is -2.38. The lowest BCUT2D eigenvalue weighted by molar-refractivity contribution is 0.147. The predicted octanol–water partition coefficient (Wildman–Crippen LogP) is 5.80. The third-order valence-corrected chi connectivity index (χ3v) is 6.61. The van der Waals surface area contributed by atoms with Crippen LogP contribution in [-0.2, 0) is 0 Å². The standard InChI is InChI=1S/C28H31NO3.ClH/c1-3-7-22(8-4-1)28(23-9-5-2-6-10-23)24-13-15-29(16-14-24)17-18-30-25-11-12-26-27(21-25)32-20-19-31-26;/h1-12,21,24,28H,13-20H2;1H. The highest BCUT2D eigenvalue weighted by atomic mass is 35.5. The summed E-state index contributed by atoms with van der Waals surface area (Å²) in [5.74, 6) is 3.56. The van der Waals surface area contributed by atoms with Gasteiger partial charge in [0, 0.05) is 18.5 Å². The van der Waals surface area contributed by atoms with Crippen molar-refractivity contribution in [1.82, 2.24) is 4.90 Å². The van der Waals surface area contributed by atoms with E-state index in [1.165, 1.54) is 24.0 Å². The minimum absolute atomic E-state index is 0. The minimum atomic E-state index is 0. The largest absolute Gasteiger partial charge is 0.492 e. The molecule has 3 aromatic rings. The van der Waals surface area contributed by atoms with E-state index in [9.17, 15) is 0 Å². The first-order chi connectivity index (χ1) is 15.9. The fourth-order valence-corrected chi connectivity index (χ4v) is 4.97. The van der Waals surface area contributed by atoms with E-state index in [2.05, 4.69) is 65.6 Å². The van der Waals surface area contributed by atoms with Gasteiger partial charge in [-0.1, -0.05) is 60.7 Å². The van der Waals surface area contributed by atoms with Gasteiger partial charge >= 0.3 is 0 Å². The number of likely N-dealkylation sites (tertiary alicyclic amines) is 1. The van der Waals surface area contributed by atoms with Crippen LogP contribution in [-0.4, -0.2) is 44.4 Å². The molecule has 1 saturated heterocycles. The summed E-state index contributed by atoms with van der Waals surface area (Å²) in [6.07, 6.45) is 2.41. The molecule has 174 valence electrons. The number of nitrogens with zero attached hydrogens (tertiary/aromatic N) is 1. The second-order valence-corrected chi connectivity index (χ2v) is 8.63. The van der Waals surface area contributed by atoms with Crippen LogP contribution >= 0.6 is 12.4 Å².